The van der Waals surface area contributed by atoms with E-state index in [0.717, 1.165) is 25.7 Å². The summed E-state index contributed by atoms with van der Waals surface area (Å²) in [4.78, 5) is 39.5. The predicted octanol–water partition coefficient (Wildman–Crippen LogP) is 0.896. The molecule has 0 atom stereocenters. The summed E-state index contributed by atoms with van der Waals surface area (Å²) in [6, 6.07) is 0. The number of imidazole rings is 1. The van der Waals surface area contributed by atoms with Gasteiger partial charge in [-0.25, -0.2) is 4.79 Å². The first kappa shape index (κ1) is 21.7. The second-order valence-corrected chi connectivity index (χ2v) is 4.74. The molecule has 0 saturated heterocycles. The van der Waals surface area contributed by atoms with Crippen LogP contribution in [-0.2, 0) is 50.6 Å². The molecule has 0 aromatic carbocycles. The third kappa shape index (κ3) is 5.39. The number of fused-ring (bicyclic) bond motifs is 1. The molecule has 2 rings (SSSR count). The Hall–Kier alpha value is -1.28. The van der Waals surface area contributed by atoms with Crippen molar-refractivity contribution in [2.75, 3.05) is 0 Å². The molecular weight excluding hydrogens is 377 g/mol. The molecule has 0 bridgehead atoms. The third-order valence-electron chi connectivity index (χ3n) is 3.21. The molecule has 0 aliphatic rings. The Bertz CT molecular complexity index is 720. The number of hydrogen-bond acceptors (Lipinski definition) is 4. The van der Waals surface area contributed by atoms with Crippen molar-refractivity contribution < 1.29 is 42.6 Å². The van der Waals surface area contributed by atoms with E-state index in [0.29, 0.717) is 30.7 Å². The SMILES string of the molecule is CCCCn1c(=O)c2[nH][c-]nc2n(CCCC)c1=O.O=[C-]O.[Y]. The molecule has 0 aliphatic carbocycles. The molecule has 125 valence electrons. The molecule has 2 N–H and O–H groups in total. The van der Waals surface area contributed by atoms with Crippen molar-refractivity contribution in [1.29, 1.82) is 0 Å². The largest absolute Gasteiger partial charge is 0.665 e. The average molecular weight is 397 g/mol. The standard InChI is InChI=1S/C13H19N4O2.CHO2.Y/c1-3-5-7-16-11-10(14-9-15-11)12(18)17(13(16)19)8-6-4-2;2-1-3;/h3-8H2,1-2H3,(H,14,15);(H,2,3);/q2*-1;. The van der Waals surface area contributed by atoms with Crippen LogP contribution in [0.4, 0.5) is 0 Å². The van der Waals surface area contributed by atoms with Crippen molar-refractivity contribution in [3.8, 4) is 0 Å². The average Bonchev–Trinajstić information content (AvgIpc) is 2.97. The van der Waals surface area contributed by atoms with E-state index in [4.69, 9.17) is 9.90 Å². The maximum atomic E-state index is 12.4. The molecule has 0 amide bonds. The second-order valence-electron chi connectivity index (χ2n) is 4.74. The topological polar surface area (TPSA) is 110 Å². The maximum Gasteiger partial charge on any atom is 0.319 e. The van der Waals surface area contributed by atoms with Gasteiger partial charge in [-0.05, 0) is 18.4 Å². The van der Waals surface area contributed by atoms with Gasteiger partial charge in [-0.3, -0.25) is 9.36 Å². The molecule has 0 fully saturated rings. The van der Waals surface area contributed by atoms with Crippen molar-refractivity contribution in [3.63, 3.8) is 0 Å². The maximum absolute atomic E-state index is 12.4. The van der Waals surface area contributed by atoms with Crippen molar-refractivity contribution in [1.82, 2.24) is 19.1 Å². The fraction of sp³-hybridized carbons (Fsp3) is 0.571. The summed E-state index contributed by atoms with van der Waals surface area (Å²) in [5.41, 5.74) is 0.220. The molecule has 2 heterocycles. The van der Waals surface area contributed by atoms with Gasteiger partial charge < -0.3 is 24.4 Å². The van der Waals surface area contributed by atoms with Crippen LogP contribution in [0.1, 0.15) is 39.5 Å². The minimum Gasteiger partial charge on any atom is -0.665 e. The molecule has 23 heavy (non-hydrogen) atoms. The van der Waals surface area contributed by atoms with Crippen LogP contribution in [0.25, 0.3) is 11.2 Å². The van der Waals surface area contributed by atoms with Gasteiger partial charge >= 0.3 is 5.69 Å². The summed E-state index contributed by atoms with van der Waals surface area (Å²) in [5, 5.41) is 6.76. The van der Waals surface area contributed by atoms with Crippen LogP contribution >= 0.6 is 0 Å². The van der Waals surface area contributed by atoms with Crippen molar-refractivity contribution in [2.24, 2.45) is 0 Å². The van der Waals surface area contributed by atoms with Crippen molar-refractivity contribution in [3.05, 3.63) is 27.2 Å². The van der Waals surface area contributed by atoms with E-state index in [2.05, 4.69) is 23.2 Å². The first-order valence-corrected chi connectivity index (χ1v) is 7.22. The van der Waals surface area contributed by atoms with Gasteiger partial charge in [0.1, 0.15) is 0 Å². The summed E-state index contributed by atoms with van der Waals surface area (Å²) in [6.07, 6.45) is 6.17. The molecule has 0 aliphatic heterocycles. The van der Waals surface area contributed by atoms with Gasteiger partial charge in [-0.1, -0.05) is 33.2 Å². The van der Waals surface area contributed by atoms with E-state index in [9.17, 15) is 9.59 Å². The zero-order chi connectivity index (χ0) is 16.5. The monoisotopic (exact) mass is 397 g/mol. The van der Waals surface area contributed by atoms with Crippen LogP contribution in [0.2, 0.25) is 0 Å². The molecule has 8 nitrogen and oxygen atoms in total. The Labute approximate surface area is 158 Å². The van der Waals surface area contributed by atoms with Crippen LogP contribution in [0.15, 0.2) is 9.59 Å². The molecule has 1 radical (unpaired) electrons. The number of H-pyrrole nitrogens is 1. The fourth-order valence-corrected chi connectivity index (χ4v) is 2.08. The number of aromatic nitrogens is 4. The van der Waals surface area contributed by atoms with Crippen molar-refractivity contribution in [2.45, 2.75) is 52.6 Å². The molecule has 2 aromatic heterocycles. The van der Waals surface area contributed by atoms with Crippen LogP contribution in [0.5, 0.6) is 0 Å². The number of hydrogen-bond donors (Lipinski definition) is 2. The van der Waals surface area contributed by atoms with E-state index in [1.54, 1.807) is 4.57 Å². The number of aromatic amines is 1. The Morgan fingerprint density at radius 2 is 1.70 bits per heavy atom. The van der Waals surface area contributed by atoms with Crippen LogP contribution < -0.4 is 11.2 Å². The molecule has 0 spiro atoms. The zero-order valence-corrected chi connectivity index (χ0v) is 16.2. The first-order chi connectivity index (χ1) is 10.6. The summed E-state index contributed by atoms with van der Waals surface area (Å²) < 4.78 is 2.87. The third-order valence-corrected chi connectivity index (χ3v) is 3.21. The summed E-state index contributed by atoms with van der Waals surface area (Å²) in [7, 11) is 0. The summed E-state index contributed by atoms with van der Waals surface area (Å²) >= 11 is 0. The predicted molar refractivity (Wildman–Crippen MR) is 81.6 cm³/mol. The fourth-order valence-electron chi connectivity index (χ4n) is 2.08. The van der Waals surface area contributed by atoms with E-state index in [1.165, 1.54) is 4.57 Å². The minimum atomic E-state index is -0.296. The zero-order valence-electron chi connectivity index (χ0n) is 13.3. The van der Waals surface area contributed by atoms with E-state index < -0.39 is 0 Å². The van der Waals surface area contributed by atoms with E-state index in [1.807, 2.05) is 6.92 Å². The van der Waals surface area contributed by atoms with Gasteiger partial charge in [0.05, 0.1) is 0 Å². The molecule has 2 aromatic rings. The Kier molecular flexibility index (Phi) is 10.7. The van der Waals surface area contributed by atoms with Gasteiger partial charge in [0.15, 0.2) is 0 Å². The summed E-state index contributed by atoms with van der Waals surface area (Å²) in [6.45, 7) is 5.63. The quantitative estimate of drug-likeness (QED) is 0.704. The summed E-state index contributed by atoms with van der Waals surface area (Å²) in [5.74, 6) is 0. The van der Waals surface area contributed by atoms with Gasteiger partial charge in [0.2, 0.25) is 5.56 Å². The Balaban J connectivity index is 0.00000112. The van der Waals surface area contributed by atoms with E-state index >= 15 is 0 Å². The van der Waals surface area contributed by atoms with Crippen LogP contribution in [0, 0.1) is 6.33 Å². The van der Waals surface area contributed by atoms with Gasteiger partial charge in [-0.15, -0.1) is 0 Å². The Morgan fingerprint density at radius 1 is 1.17 bits per heavy atom. The van der Waals surface area contributed by atoms with Crippen LogP contribution in [0.3, 0.4) is 0 Å². The van der Waals surface area contributed by atoms with Crippen LogP contribution in [-0.4, -0.2) is 30.7 Å². The van der Waals surface area contributed by atoms with E-state index in [-0.39, 0.29) is 44.0 Å². The number of nitrogens with one attached hydrogen (secondary N) is 1. The second kappa shape index (κ2) is 11.3. The molecule has 9 heteroatoms. The number of aryl methyl sites for hydroxylation is 1. The number of aliphatic hydroxyl groups excluding tert-OH is 1. The number of unbranched alkanes of at least 4 members (excludes halogenated alkanes) is 2. The normalized spacial score (nSPS) is 9.83. The molecule has 0 saturated carbocycles. The van der Waals surface area contributed by atoms with Gasteiger partial charge in [0.25, 0.3) is 0 Å². The van der Waals surface area contributed by atoms with Gasteiger partial charge in [0, 0.05) is 57.8 Å². The number of nitrogens with zero attached hydrogens (tertiary/aromatic N) is 3. The Morgan fingerprint density at radius 3 is 2.22 bits per heavy atom. The smallest absolute Gasteiger partial charge is 0.319 e. The number of rotatable bonds is 6. The van der Waals surface area contributed by atoms with Crippen molar-refractivity contribution >= 4 is 17.6 Å². The van der Waals surface area contributed by atoms with Gasteiger partial charge in [-0.2, -0.15) is 0 Å². The minimum absolute atomic E-state index is 0. The molecule has 0 unspecified atom stereocenters. The molecular formula is C14H20N4O4Y-2. The first-order valence-electron chi connectivity index (χ1n) is 7.22.